The van der Waals surface area contributed by atoms with Crippen molar-refractivity contribution in [2.45, 2.75) is 0 Å². The monoisotopic (exact) mass is 160 g/mol. The Morgan fingerprint density at radius 2 is 2.09 bits per heavy atom. The number of nitrogens with one attached hydrogen (secondary N) is 2. The van der Waals surface area contributed by atoms with Crippen LogP contribution in [0, 0.1) is 0 Å². The number of hydrazine groups is 1. The maximum atomic E-state index is 10.7. The molecule has 0 aromatic carbocycles. The first-order valence-corrected chi connectivity index (χ1v) is 3.04. The summed E-state index contributed by atoms with van der Waals surface area (Å²) in [5.41, 5.74) is 1.90. The fraction of sp³-hybridized carbons (Fsp3) is 0.600. The second-order valence-electron chi connectivity index (χ2n) is 1.98. The zero-order valence-electron chi connectivity index (χ0n) is 6.55. The van der Waals surface area contributed by atoms with Gasteiger partial charge in [-0.05, 0) is 0 Å². The van der Waals surface area contributed by atoms with Crippen molar-refractivity contribution in [2.24, 2.45) is 5.84 Å². The van der Waals surface area contributed by atoms with Crippen molar-refractivity contribution in [2.75, 3.05) is 20.6 Å². The molecule has 6 heteroatoms. The molecule has 0 fully saturated rings. The van der Waals surface area contributed by atoms with Crippen LogP contribution in [0.1, 0.15) is 0 Å². The summed E-state index contributed by atoms with van der Waals surface area (Å²) in [6.45, 7) is -0.000463. The highest BCUT2D eigenvalue weighted by Gasteiger charge is 2.08. The summed E-state index contributed by atoms with van der Waals surface area (Å²) in [5.74, 6) is 4.58. The third-order valence-corrected chi connectivity index (χ3v) is 1.13. The van der Waals surface area contributed by atoms with Crippen LogP contribution < -0.4 is 16.6 Å². The van der Waals surface area contributed by atoms with Crippen LogP contribution in [-0.2, 0) is 4.79 Å². The van der Waals surface area contributed by atoms with Crippen LogP contribution in [0.2, 0.25) is 0 Å². The van der Waals surface area contributed by atoms with Gasteiger partial charge in [0.1, 0.15) is 6.54 Å². The highest BCUT2D eigenvalue weighted by atomic mass is 16.2. The van der Waals surface area contributed by atoms with Crippen molar-refractivity contribution in [3.63, 3.8) is 0 Å². The van der Waals surface area contributed by atoms with Gasteiger partial charge in [-0.1, -0.05) is 0 Å². The number of nitrogens with two attached hydrogens (primary N) is 1. The van der Waals surface area contributed by atoms with Crippen LogP contribution >= 0.6 is 0 Å². The number of amides is 3. The highest BCUT2D eigenvalue weighted by molar-refractivity contribution is 5.83. The van der Waals surface area contributed by atoms with E-state index in [-0.39, 0.29) is 12.5 Å². The van der Waals surface area contributed by atoms with E-state index in [9.17, 15) is 9.59 Å². The number of nitrogens with zero attached hydrogens (tertiary/aromatic N) is 1. The van der Waals surface area contributed by atoms with E-state index in [1.54, 1.807) is 0 Å². The van der Waals surface area contributed by atoms with Crippen molar-refractivity contribution >= 4 is 11.9 Å². The van der Waals surface area contributed by atoms with E-state index < -0.39 is 6.03 Å². The van der Waals surface area contributed by atoms with E-state index in [0.717, 1.165) is 0 Å². The molecule has 0 aliphatic rings. The normalized spacial score (nSPS) is 8.64. The molecular weight excluding hydrogens is 148 g/mol. The largest absolute Gasteiger partial charge is 0.358 e. The van der Waals surface area contributed by atoms with E-state index >= 15 is 0 Å². The van der Waals surface area contributed by atoms with E-state index in [2.05, 4.69) is 5.32 Å². The van der Waals surface area contributed by atoms with E-state index in [4.69, 9.17) is 5.84 Å². The van der Waals surface area contributed by atoms with Gasteiger partial charge in [-0.3, -0.25) is 10.2 Å². The van der Waals surface area contributed by atoms with Crippen molar-refractivity contribution in [3.05, 3.63) is 0 Å². The minimum absolute atomic E-state index is 0.000463. The highest BCUT2D eigenvalue weighted by Crippen LogP contribution is 1.80. The molecule has 0 aliphatic carbocycles. The second-order valence-corrected chi connectivity index (χ2v) is 1.98. The van der Waals surface area contributed by atoms with Crippen molar-refractivity contribution in [1.29, 1.82) is 0 Å². The van der Waals surface area contributed by atoms with Crippen LogP contribution in [0.3, 0.4) is 0 Å². The number of likely N-dealkylation sites (N-methyl/N-ethyl adjacent to an activating group) is 2. The van der Waals surface area contributed by atoms with Gasteiger partial charge in [0.25, 0.3) is 0 Å². The molecule has 0 heterocycles. The third kappa shape index (κ3) is 3.41. The van der Waals surface area contributed by atoms with Gasteiger partial charge in [-0.15, -0.1) is 0 Å². The van der Waals surface area contributed by atoms with Gasteiger partial charge in [-0.2, -0.15) is 0 Å². The third-order valence-electron chi connectivity index (χ3n) is 1.13. The lowest BCUT2D eigenvalue weighted by Crippen LogP contribution is -2.45. The molecule has 6 nitrogen and oxygen atoms in total. The van der Waals surface area contributed by atoms with E-state index in [1.807, 2.05) is 5.43 Å². The average molecular weight is 160 g/mol. The molecule has 0 aromatic rings. The van der Waals surface area contributed by atoms with Gasteiger partial charge >= 0.3 is 6.03 Å². The summed E-state index contributed by atoms with van der Waals surface area (Å²) in [7, 11) is 2.97. The SMILES string of the molecule is CNC(=O)CN(C)C(=O)NN. The standard InChI is InChI=1S/C5H12N4O2/c1-7-4(10)3-9(2)5(11)8-6/h3,6H2,1-2H3,(H,7,10)(H,8,11). The summed E-state index contributed by atoms with van der Waals surface area (Å²) >= 11 is 0. The van der Waals surface area contributed by atoms with E-state index in [1.165, 1.54) is 19.0 Å². The predicted molar refractivity (Wildman–Crippen MR) is 39.4 cm³/mol. The quantitative estimate of drug-likeness (QED) is 0.254. The Labute approximate surface area is 64.7 Å². The Kier molecular flexibility index (Phi) is 3.97. The Bertz CT molecular complexity index is 159. The number of hydrogen-bond donors (Lipinski definition) is 3. The molecule has 0 rings (SSSR count). The maximum absolute atomic E-state index is 10.7. The smallest absolute Gasteiger partial charge is 0.331 e. The summed E-state index contributed by atoms with van der Waals surface area (Å²) in [5, 5.41) is 2.37. The Morgan fingerprint density at radius 3 is 2.45 bits per heavy atom. The van der Waals surface area contributed by atoms with Gasteiger partial charge in [0.05, 0.1) is 0 Å². The molecule has 0 bridgehead atoms. The van der Waals surface area contributed by atoms with Crippen LogP contribution in [0.25, 0.3) is 0 Å². The fourth-order valence-corrected chi connectivity index (χ4v) is 0.476. The predicted octanol–water partition coefficient (Wildman–Crippen LogP) is -1.75. The van der Waals surface area contributed by atoms with E-state index in [0.29, 0.717) is 0 Å². The fourth-order valence-electron chi connectivity index (χ4n) is 0.476. The first-order chi connectivity index (χ1) is 5.11. The Morgan fingerprint density at radius 1 is 1.55 bits per heavy atom. The molecule has 0 atom stereocenters. The zero-order chi connectivity index (χ0) is 8.85. The molecular formula is C5H12N4O2. The molecule has 64 valence electrons. The molecule has 0 saturated heterocycles. The Balaban J connectivity index is 3.77. The molecule has 11 heavy (non-hydrogen) atoms. The van der Waals surface area contributed by atoms with Gasteiger partial charge in [0, 0.05) is 14.1 Å². The number of carbonyl (C=O) groups is 2. The molecule has 0 unspecified atom stereocenters. The molecule has 0 aromatic heterocycles. The van der Waals surface area contributed by atoms with Crippen LogP contribution in [0.5, 0.6) is 0 Å². The van der Waals surface area contributed by atoms with Crippen molar-refractivity contribution in [1.82, 2.24) is 15.6 Å². The molecule has 0 radical (unpaired) electrons. The lowest BCUT2D eigenvalue weighted by molar-refractivity contribution is -0.120. The summed E-state index contributed by atoms with van der Waals surface area (Å²) in [4.78, 5) is 22.5. The topological polar surface area (TPSA) is 87.5 Å². The van der Waals surface area contributed by atoms with Gasteiger partial charge < -0.3 is 10.2 Å². The number of hydrogen-bond acceptors (Lipinski definition) is 3. The first-order valence-electron chi connectivity index (χ1n) is 3.04. The number of carbonyl (C=O) groups excluding carboxylic acids is 2. The van der Waals surface area contributed by atoms with Crippen molar-refractivity contribution in [3.8, 4) is 0 Å². The van der Waals surface area contributed by atoms with Crippen molar-refractivity contribution < 1.29 is 9.59 Å². The lowest BCUT2D eigenvalue weighted by atomic mass is 10.5. The first kappa shape index (κ1) is 9.70. The van der Waals surface area contributed by atoms with Crippen LogP contribution in [-0.4, -0.2) is 37.5 Å². The Hall–Kier alpha value is -1.30. The summed E-state index contributed by atoms with van der Waals surface area (Å²) in [6.07, 6.45) is 0. The molecule has 0 aliphatic heterocycles. The lowest BCUT2D eigenvalue weighted by Gasteiger charge is -2.14. The van der Waals surface area contributed by atoms with Gasteiger partial charge in [0.2, 0.25) is 5.91 Å². The maximum Gasteiger partial charge on any atom is 0.331 e. The number of urea groups is 1. The number of rotatable bonds is 2. The van der Waals surface area contributed by atoms with Gasteiger partial charge in [-0.25, -0.2) is 10.6 Å². The minimum atomic E-state index is -0.492. The van der Waals surface area contributed by atoms with Crippen LogP contribution in [0.15, 0.2) is 0 Å². The van der Waals surface area contributed by atoms with Crippen LogP contribution in [0.4, 0.5) is 4.79 Å². The second kappa shape index (κ2) is 4.51. The minimum Gasteiger partial charge on any atom is -0.358 e. The zero-order valence-corrected chi connectivity index (χ0v) is 6.55. The molecule has 0 spiro atoms. The summed E-state index contributed by atoms with van der Waals surface area (Å²) < 4.78 is 0. The molecule has 4 N–H and O–H groups in total. The molecule has 0 saturated carbocycles. The average Bonchev–Trinajstić information content (AvgIpc) is 2.02. The van der Waals surface area contributed by atoms with Gasteiger partial charge in [0.15, 0.2) is 0 Å². The molecule has 3 amide bonds. The summed E-state index contributed by atoms with van der Waals surface area (Å²) in [6, 6.07) is -0.492.